The second-order valence-electron chi connectivity index (χ2n) is 8.32. The molecule has 0 fully saturated rings. The summed E-state index contributed by atoms with van der Waals surface area (Å²) in [6, 6.07) is 33.2. The lowest BCUT2D eigenvalue weighted by Gasteiger charge is -2.25. The first-order valence-electron chi connectivity index (χ1n) is 9.97. The van der Waals surface area contributed by atoms with Crippen molar-refractivity contribution in [2.45, 2.75) is 26.2 Å². The Kier molecular flexibility index (Phi) is 3.77. The second kappa shape index (κ2) is 6.21. The smallest absolute Gasteiger partial charge is 0.0165 e. The van der Waals surface area contributed by atoms with Crippen molar-refractivity contribution in [3.63, 3.8) is 0 Å². The minimum atomic E-state index is -0.0319. The molecule has 0 bridgehead atoms. The minimum Gasteiger partial charge on any atom is -0.0622 e. The third-order valence-electron chi connectivity index (χ3n) is 6.11. The van der Waals surface area contributed by atoms with Gasteiger partial charge in [-0.15, -0.1) is 0 Å². The van der Waals surface area contributed by atoms with Gasteiger partial charge in [-0.25, -0.2) is 0 Å². The Bertz CT molecular complexity index is 1180. The third kappa shape index (κ3) is 2.45. The van der Waals surface area contributed by atoms with E-state index in [1.807, 2.05) is 0 Å². The zero-order valence-corrected chi connectivity index (χ0v) is 16.7. The molecule has 5 rings (SSSR count). The lowest BCUT2D eigenvalue weighted by molar-refractivity contribution is 0.662. The first-order valence-corrected chi connectivity index (χ1v) is 9.97. The van der Waals surface area contributed by atoms with Crippen LogP contribution in [0, 0.1) is 6.92 Å². The van der Waals surface area contributed by atoms with Gasteiger partial charge in [0.15, 0.2) is 0 Å². The lowest BCUT2D eigenvalue weighted by Crippen LogP contribution is -2.16. The summed E-state index contributed by atoms with van der Waals surface area (Å²) in [4.78, 5) is 0. The molecule has 4 aromatic carbocycles. The third-order valence-corrected chi connectivity index (χ3v) is 6.11. The van der Waals surface area contributed by atoms with Crippen LogP contribution < -0.4 is 0 Å². The molecule has 0 aromatic heterocycles. The molecule has 0 spiro atoms. The number of benzene rings is 4. The first kappa shape index (κ1) is 17.0. The number of hydrogen-bond acceptors (Lipinski definition) is 0. The highest BCUT2D eigenvalue weighted by Crippen LogP contribution is 2.55. The Hall–Kier alpha value is -3.12. The molecule has 0 radical (unpaired) electrons. The Labute approximate surface area is 167 Å². The highest BCUT2D eigenvalue weighted by Gasteiger charge is 2.38. The second-order valence-corrected chi connectivity index (χ2v) is 8.32. The van der Waals surface area contributed by atoms with E-state index in [0.29, 0.717) is 0 Å². The van der Waals surface area contributed by atoms with Crippen LogP contribution in [0.3, 0.4) is 0 Å². The van der Waals surface area contributed by atoms with Gasteiger partial charge in [-0.05, 0) is 51.4 Å². The highest BCUT2D eigenvalue weighted by atomic mass is 14.4. The molecule has 0 heteroatoms. The summed E-state index contributed by atoms with van der Waals surface area (Å²) < 4.78 is 0. The van der Waals surface area contributed by atoms with Gasteiger partial charge in [-0.1, -0.05) is 110 Å². The van der Waals surface area contributed by atoms with Crippen LogP contribution in [-0.2, 0) is 5.41 Å². The van der Waals surface area contributed by atoms with Crippen molar-refractivity contribution in [3.05, 3.63) is 108 Å². The summed E-state index contributed by atoms with van der Waals surface area (Å²) in [5, 5.41) is 0. The fourth-order valence-corrected chi connectivity index (χ4v) is 4.82. The van der Waals surface area contributed by atoms with Gasteiger partial charge in [0.25, 0.3) is 0 Å². The quantitative estimate of drug-likeness (QED) is 0.344. The lowest BCUT2D eigenvalue weighted by atomic mass is 9.78. The normalized spacial score (nSPS) is 13.8. The Morgan fingerprint density at radius 2 is 1.25 bits per heavy atom. The van der Waals surface area contributed by atoms with E-state index in [2.05, 4.69) is 112 Å². The van der Waals surface area contributed by atoms with Gasteiger partial charge in [0.1, 0.15) is 0 Å². The van der Waals surface area contributed by atoms with Crippen molar-refractivity contribution in [3.8, 4) is 33.4 Å². The van der Waals surface area contributed by atoms with Crippen LogP contribution in [0.2, 0.25) is 0 Å². The zero-order chi connectivity index (χ0) is 19.3. The predicted octanol–water partition coefficient (Wildman–Crippen LogP) is 7.64. The Balaban J connectivity index is 1.89. The SMILES string of the molecule is Cc1cccc(-c2ccc(-c3ccccc3)c3c2C(C)(C)c2ccccc2-3)c1. The molecular weight excluding hydrogens is 336 g/mol. The van der Waals surface area contributed by atoms with E-state index >= 15 is 0 Å². The Morgan fingerprint density at radius 3 is 2.04 bits per heavy atom. The molecule has 0 saturated carbocycles. The molecule has 0 aliphatic heterocycles. The van der Waals surface area contributed by atoms with Crippen molar-refractivity contribution in [2.75, 3.05) is 0 Å². The minimum absolute atomic E-state index is 0.0319. The molecule has 28 heavy (non-hydrogen) atoms. The van der Waals surface area contributed by atoms with E-state index in [4.69, 9.17) is 0 Å². The van der Waals surface area contributed by atoms with Gasteiger partial charge >= 0.3 is 0 Å². The van der Waals surface area contributed by atoms with E-state index in [0.717, 1.165) is 0 Å². The van der Waals surface area contributed by atoms with Crippen molar-refractivity contribution < 1.29 is 0 Å². The van der Waals surface area contributed by atoms with Crippen LogP contribution in [-0.4, -0.2) is 0 Å². The van der Waals surface area contributed by atoms with Crippen LogP contribution in [0.15, 0.2) is 91.0 Å². The van der Waals surface area contributed by atoms with Crippen LogP contribution in [0.4, 0.5) is 0 Å². The van der Waals surface area contributed by atoms with Crippen LogP contribution in [0.1, 0.15) is 30.5 Å². The zero-order valence-electron chi connectivity index (χ0n) is 16.7. The van der Waals surface area contributed by atoms with Crippen molar-refractivity contribution in [1.29, 1.82) is 0 Å². The van der Waals surface area contributed by atoms with Crippen LogP contribution >= 0.6 is 0 Å². The maximum absolute atomic E-state index is 2.37. The molecule has 0 N–H and O–H groups in total. The predicted molar refractivity (Wildman–Crippen MR) is 120 cm³/mol. The van der Waals surface area contributed by atoms with Crippen molar-refractivity contribution >= 4 is 0 Å². The van der Waals surface area contributed by atoms with Crippen LogP contribution in [0.25, 0.3) is 33.4 Å². The summed E-state index contributed by atoms with van der Waals surface area (Å²) in [6.45, 7) is 6.90. The topological polar surface area (TPSA) is 0 Å². The maximum Gasteiger partial charge on any atom is 0.0165 e. The fourth-order valence-electron chi connectivity index (χ4n) is 4.82. The summed E-state index contributed by atoms with van der Waals surface area (Å²) in [7, 11) is 0. The van der Waals surface area contributed by atoms with E-state index in [-0.39, 0.29) is 5.41 Å². The van der Waals surface area contributed by atoms with E-state index in [1.165, 1.54) is 50.1 Å². The van der Waals surface area contributed by atoms with Crippen molar-refractivity contribution in [2.24, 2.45) is 0 Å². The molecule has 4 aromatic rings. The standard InChI is InChI=1S/C28H24/c1-19-10-9-13-21(18-19)23-17-16-22(20-11-5-4-6-12-20)26-24-14-7-8-15-25(24)28(2,3)27(23)26/h4-18H,1-3H3. The fraction of sp³-hybridized carbons (Fsp3) is 0.143. The Morgan fingerprint density at radius 1 is 0.571 bits per heavy atom. The van der Waals surface area contributed by atoms with E-state index in [9.17, 15) is 0 Å². The van der Waals surface area contributed by atoms with Gasteiger partial charge in [-0.2, -0.15) is 0 Å². The molecule has 1 aliphatic rings. The highest BCUT2D eigenvalue weighted by molar-refractivity contribution is 5.97. The molecule has 0 saturated heterocycles. The number of hydrogen-bond donors (Lipinski definition) is 0. The average Bonchev–Trinajstić information content (AvgIpc) is 2.96. The summed E-state index contributed by atoms with van der Waals surface area (Å²) in [5.41, 5.74) is 12.1. The van der Waals surface area contributed by atoms with Gasteiger partial charge in [0.05, 0.1) is 0 Å². The number of aryl methyl sites for hydroxylation is 1. The summed E-state index contributed by atoms with van der Waals surface area (Å²) >= 11 is 0. The molecule has 136 valence electrons. The van der Waals surface area contributed by atoms with Crippen LogP contribution in [0.5, 0.6) is 0 Å². The summed E-state index contributed by atoms with van der Waals surface area (Å²) in [6.07, 6.45) is 0. The number of rotatable bonds is 2. The largest absolute Gasteiger partial charge is 0.0622 e. The summed E-state index contributed by atoms with van der Waals surface area (Å²) in [5.74, 6) is 0. The molecule has 0 amide bonds. The molecule has 0 unspecified atom stereocenters. The molecule has 0 heterocycles. The van der Waals surface area contributed by atoms with E-state index < -0.39 is 0 Å². The van der Waals surface area contributed by atoms with Crippen molar-refractivity contribution in [1.82, 2.24) is 0 Å². The van der Waals surface area contributed by atoms with Gasteiger partial charge in [0, 0.05) is 5.41 Å². The molecule has 1 aliphatic carbocycles. The monoisotopic (exact) mass is 360 g/mol. The first-order chi connectivity index (χ1) is 13.6. The molecule has 0 nitrogen and oxygen atoms in total. The van der Waals surface area contributed by atoms with Gasteiger partial charge < -0.3 is 0 Å². The van der Waals surface area contributed by atoms with E-state index in [1.54, 1.807) is 0 Å². The average molecular weight is 361 g/mol. The van der Waals surface area contributed by atoms with Gasteiger partial charge in [-0.3, -0.25) is 0 Å². The number of fused-ring (bicyclic) bond motifs is 3. The molecule has 0 atom stereocenters. The maximum atomic E-state index is 2.37. The molecular formula is C28H24. The van der Waals surface area contributed by atoms with Gasteiger partial charge in [0.2, 0.25) is 0 Å².